The second-order valence-electron chi connectivity index (χ2n) is 14.6. The second kappa shape index (κ2) is 23.4. The SMILES string of the molecule is CC(C)(C)c1cc2c([c-]c1-c1ccccc1)Cc1cc(-c3ccccc3)c(C(C)(C)C)cc1-2.Cl.Cl.[C-]1=CC=CC1.[Si]=[Zr].[c-]1ccccc1.[c-]1ccccc1. The van der Waals surface area contributed by atoms with Gasteiger partial charge in [0.05, 0.1) is 0 Å². The van der Waals surface area contributed by atoms with Crippen LogP contribution < -0.4 is 0 Å². The van der Waals surface area contributed by atoms with Crippen LogP contribution in [0.1, 0.15) is 70.2 Å². The van der Waals surface area contributed by atoms with Crippen molar-refractivity contribution in [1.29, 1.82) is 0 Å². The number of fused-ring (bicyclic) bond motifs is 3. The van der Waals surface area contributed by atoms with Gasteiger partial charge in [-0.3, -0.25) is 6.08 Å². The van der Waals surface area contributed by atoms with E-state index >= 15 is 0 Å². The molecule has 0 unspecified atom stereocenters. The molecule has 2 radical (unpaired) electrons. The molecule has 2 aliphatic carbocycles. The summed E-state index contributed by atoms with van der Waals surface area (Å²) in [6.07, 6.45) is 10.9. The summed E-state index contributed by atoms with van der Waals surface area (Å²) in [5.74, 6) is 0. The van der Waals surface area contributed by atoms with Crippen molar-refractivity contribution in [2.24, 2.45) is 0 Å². The van der Waals surface area contributed by atoms with E-state index in [1.807, 2.05) is 72.8 Å². The maximum Gasteiger partial charge on any atom is -0.171 e. The zero-order chi connectivity index (χ0) is 37.4. The van der Waals surface area contributed by atoms with Gasteiger partial charge in [-0.15, -0.1) is 60.1 Å². The molecule has 0 nitrogen and oxygen atoms in total. The number of halogens is 2. The first-order valence-corrected chi connectivity index (χ1v) is 22.0. The van der Waals surface area contributed by atoms with Crippen molar-refractivity contribution in [3.63, 3.8) is 0 Å². The van der Waals surface area contributed by atoms with Crippen molar-refractivity contribution < 1.29 is 23.3 Å². The van der Waals surface area contributed by atoms with Gasteiger partial charge in [-0.25, -0.2) is 12.2 Å². The van der Waals surface area contributed by atoms with Gasteiger partial charge in [-0.2, -0.15) is 78.9 Å². The average Bonchev–Trinajstić information content (AvgIpc) is 3.89. The number of hydrogen-bond donors (Lipinski definition) is 0. The van der Waals surface area contributed by atoms with E-state index in [0.29, 0.717) is 0 Å². The molecule has 276 valence electrons. The molecular weight excluding hydrogens is 791 g/mol. The summed E-state index contributed by atoms with van der Waals surface area (Å²) in [7, 11) is 0. The molecule has 2 aliphatic rings. The van der Waals surface area contributed by atoms with Crippen LogP contribution in [0.25, 0.3) is 33.4 Å². The smallest absolute Gasteiger partial charge is 0.171 e. The Morgan fingerprint density at radius 3 is 1.43 bits per heavy atom. The summed E-state index contributed by atoms with van der Waals surface area (Å²) in [6.45, 7) is 17.0. The largest absolute Gasteiger partial charge is 0.184 e. The molecule has 6 aromatic carbocycles. The van der Waals surface area contributed by atoms with Crippen LogP contribution in [-0.4, -0.2) is 6.88 Å². The molecule has 8 rings (SSSR count). The van der Waals surface area contributed by atoms with Crippen LogP contribution in [0, 0.1) is 24.3 Å². The summed E-state index contributed by atoms with van der Waals surface area (Å²) >= 11 is 1.36. The van der Waals surface area contributed by atoms with Crippen LogP contribution in [0.5, 0.6) is 0 Å². The predicted octanol–water partition coefficient (Wildman–Crippen LogP) is 13.7. The van der Waals surface area contributed by atoms with Gasteiger partial charge in [0, 0.05) is 0 Å². The van der Waals surface area contributed by atoms with Crippen molar-refractivity contribution >= 4 is 31.7 Å². The summed E-state index contributed by atoms with van der Waals surface area (Å²) in [4.78, 5) is 0. The maximum absolute atomic E-state index is 3.88. The van der Waals surface area contributed by atoms with Gasteiger partial charge in [0.25, 0.3) is 0 Å². The minimum atomic E-state index is 0. The van der Waals surface area contributed by atoms with E-state index in [9.17, 15) is 0 Å². The molecular formula is C50H50Cl2SiZr-4. The molecule has 0 saturated heterocycles. The van der Waals surface area contributed by atoms with Crippen molar-refractivity contribution in [3.05, 3.63) is 204 Å². The third-order valence-electron chi connectivity index (χ3n) is 8.62. The molecule has 0 aliphatic heterocycles. The summed E-state index contributed by atoms with van der Waals surface area (Å²) in [5, 5.41) is 0. The van der Waals surface area contributed by atoms with Gasteiger partial charge in [0.2, 0.25) is 0 Å². The van der Waals surface area contributed by atoms with Crippen LogP contribution in [0.4, 0.5) is 0 Å². The summed E-state index contributed by atoms with van der Waals surface area (Å²) < 4.78 is 0. The predicted molar refractivity (Wildman–Crippen MR) is 234 cm³/mol. The molecule has 0 spiro atoms. The quantitative estimate of drug-likeness (QED) is 0.120. The number of allylic oxidation sites excluding steroid dienone is 4. The number of benzene rings is 6. The van der Waals surface area contributed by atoms with Crippen molar-refractivity contribution in [2.45, 2.75) is 65.2 Å². The molecule has 0 N–H and O–H groups in total. The standard InChI is InChI=1S/C33H33.2C6H5.C5H5.2ClH.Si.Zr/c1-32(2,3)30-20-26-24(18-28(30)22-13-9-7-10-14-22)17-25-19-29(23-15-11-8-12-16-23)31(21-27(25)26)33(4,5)6;2*1-2-4-6-5-3-1;1-2-4-5-3-1;;;;/h7-16,18,20-21H,17H2,1-6H3;2*1-5H;1-3H,4H2;2*1H;;/q4*-1;;;;. The Hall–Kier alpha value is -3.52. The Morgan fingerprint density at radius 1 is 0.556 bits per heavy atom. The molecule has 0 atom stereocenters. The van der Waals surface area contributed by atoms with Gasteiger partial charge in [0.1, 0.15) is 0 Å². The first-order chi connectivity index (χ1) is 25.1. The summed E-state index contributed by atoms with van der Waals surface area (Å²) in [5.41, 5.74) is 13.5. The fourth-order valence-corrected chi connectivity index (χ4v) is 6.13. The Morgan fingerprint density at radius 2 is 1.04 bits per heavy atom. The maximum atomic E-state index is 3.88. The zero-order valence-electron chi connectivity index (χ0n) is 32.2. The third kappa shape index (κ3) is 13.6. The molecule has 6 aromatic rings. The molecule has 0 saturated carbocycles. The zero-order valence-corrected chi connectivity index (χ0v) is 37.3. The van der Waals surface area contributed by atoms with E-state index in [0.717, 1.165) is 12.8 Å². The van der Waals surface area contributed by atoms with E-state index in [4.69, 9.17) is 0 Å². The van der Waals surface area contributed by atoms with Gasteiger partial charge >= 0.3 is 30.2 Å². The fraction of sp³-hybridized carbons (Fsp3) is 0.200. The van der Waals surface area contributed by atoms with Gasteiger partial charge in [0.15, 0.2) is 0 Å². The van der Waals surface area contributed by atoms with Crippen LogP contribution in [-0.2, 0) is 40.6 Å². The Kier molecular flexibility index (Phi) is 20.2. The van der Waals surface area contributed by atoms with E-state index < -0.39 is 0 Å². The van der Waals surface area contributed by atoms with Crippen molar-refractivity contribution in [2.75, 3.05) is 0 Å². The van der Waals surface area contributed by atoms with Gasteiger partial charge in [-0.05, 0) is 39.5 Å². The van der Waals surface area contributed by atoms with Crippen molar-refractivity contribution in [3.8, 4) is 33.4 Å². The molecule has 0 bridgehead atoms. The fourth-order valence-electron chi connectivity index (χ4n) is 6.13. The molecule has 0 fully saturated rings. The average molecular weight is 841 g/mol. The third-order valence-corrected chi connectivity index (χ3v) is 8.62. The van der Waals surface area contributed by atoms with E-state index in [1.54, 1.807) is 0 Å². The van der Waals surface area contributed by atoms with Crippen molar-refractivity contribution in [1.82, 2.24) is 0 Å². The van der Waals surface area contributed by atoms with Crippen LogP contribution in [0.15, 0.2) is 158 Å². The Balaban J connectivity index is 0.000000391. The van der Waals surface area contributed by atoms with Gasteiger partial charge < -0.3 is 0 Å². The van der Waals surface area contributed by atoms with Crippen LogP contribution in [0.3, 0.4) is 0 Å². The molecule has 0 amide bonds. The topological polar surface area (TPSA) is 0 Å². The first-order valence-electron chi connectivity index (χ1n) is 17.8. The Labute approximate surface area is 355 Å². The Bertz CT molecular complexity index is 1810. The van der Waals surface area contributed by atoms with E-state index in [2.05, 4.69) is 158 Å². The van der Waals surface area contributed by atoms with Crippen LogP contribution >= 0.6 is 24.8 Å². The normalized spacial score (nSPS) is 11.4. The first kappa shape index (κ1) is 46.6. The van der Waals surface area contributed by atoms with E-state index in [1.165, 1.54) is 79.0 Å². The van der Waals surface area contributed by atoms with Gasteiger partial charge in [-0.1, -0.05) is 131 Å². The molecule has 0 aromatic heterocycles. The summed E-state index contributed by atoms with van der Waals surface area (Å²) in [6, 6.07) is 57.8. The van der Waals surface area contributed by atoms with E-state index in [-0.39, 0.29) is 35.6 Å². The second-order valence-corrected chi connectivity index (χ2v) is 14.6. The minimum Gasteiger partial charge on any atom is -0.184 e. The molecule has 54 heavy (non-hydrogen) atoms. The molecule has 4 heteroatoms. The monoisotopic (exact) mass is 838 g/mol. The van der Waals surface area contributed by atoms with Crippen LogP contribution in [0.2, 0.25) is 0 Å². The number of hydrogen-bond acceptors (Lipinski definition) is 0. The number of rotatable bonds is 2. The minimum absolute atomic E-state index is 0. The molecule has 0 heterocycles.